The maximum Gasteiger partial charge on any atom is 0.342 e. The molecule has 1 rings (SSSR count). The third kappa shape index (κ3) is 4.69. The molecule has 0 heterocycles. The van der Waals surface area contributed by atoms with Gasteiger partial charge in [-0.1, -0.05) is 30.7 Å². The van der Waals surface area contributed by atoms with E-state index in [1.807, 2.05) is 52.0 Å². The fraction of sp³-hybridized carbons (Fsp3) is 0.533. The standard InChI is InChI=1S/C15H23ClN2O2/c1-5-11-18(20-6-2)14(19)17-15(3,4)12-7-9-13(16)10-8-12/h7-10H,5-6,11H2,1-4H3,(H,17,19). The predicted molar refractivity (Wildman–Crippen MR) is 81.6 cm³/mol. The Morgan fingerprint density at radius 2 is 1.90 bits per heavy atom. The van der Waals surface area contributed by atoms with Crippen LogP contribution in [0.2, 0.25) is 5.02 Å². The number of carbonyl (C=O) groups is 1. The number of carbonyl (C=O) groups excluding carboxylic acids is 1. The Hall–Kier alpha value is -1.26. The highest BCUT2D eigenvalue weighted by Gasteiger charge is 2.25. The summed E-state index contributed by atoms with van der Waals surface area (Å²) in [4.78, 5) is 17.6. The van der Waals surface area contributed by atoms with Crippen LogP contribution in [0.4, 0.5) is 4.79 Å². The van der Waals surface area contributed by atoms with E-state index in [2.05, 4.69) is 5.32 Å². The van der Waals surface area contributed by atoms with Gasteiger partial charge in [0, 0.05) is 5.02 Å². The molecule has 20 heavy (non-hydrogen) atoms. The molecule has 0 aromatic heterocycles. The number of hydroxylamine groups is 2. The number of hydrogen-bond donors (Lipinski definition) is 1. The predicted octanol–water partition coefficient (Wildman–Crippen LogP) is 3.95. The Morgan fingerprint density at radius 3 is 2.40 bits per heavy atom. The molecule has 1 aromatic carbocycles. The minimum absolute atomic E-state index is 0.228. The van der Waals surface area contributed by atoms with Crippen LogP contribution in [-0.4, -0.2) is 24.2 Å². The van der Waals surface area contributed by atoms with Crippen LogP contribution in [0.15, 0.2) is 24.3 Å². The van der Waals surface area contributed by atoms with E-state index >= 15 is 0 Å². The first-order valence-electron chi connectivity index (χ1n) is 6.89. The SMILES string of the molecule is CCCN(OCC)C(=O)NC(C)(C)c1ccc(Cl)cc1. The molecule has 0 bridgehead atoms. The summed E-state index contributed by atoms with van der Waals surface area (Å²) in [5.41, 5.74) is 0.494. The van der Waals surface area contributed by atoms with Gasteiger partial charge in [0.05, 0.1) is 18.7 Å². The highest BCUT2D eigenvalue weighted by Crippen LogP contribution is 2.22. The Balaban J connectivity index is 2.77. The van der Waals surface area contributed by atoms with Crippen molar-refractivity contribution in [1.82, 2.24) is 10.4 Å². The second kappa shape index (κ2) is 7.50. The van der Waals surface area contributed by atoms with Crippen molar-refractivity contribution in [1.29, 1.82) is 0 Å². The van der Waals surface area contributed by atoms with Gasteiger partial charge in [-0.15, -0.1) is 0 Å². The van der Waals surface area contributed by atoms with E-state index < -0.39 is 5.54 Å². The zero-order chi connectivity index (χ0) is 15.2. The molecule has 4 nitrogen and oxygen atoms in total. The summed E-state index contributed by atoms with van der Waals surface area (Å²) >= 11 is 5.88. The molecular formula is C15H23ClN2O2. The van der Waals surface area contributed by atoms with Crippen molar-refractivity contribution < 1.29 is 9.63 Å². The Bertz CT molecular complexity index is 426. The quantitative estimate of drug-likeness (QED) is 0.808. The minimum atomic E-state index is -0.495. The van der Waals surface area contributed by atoms with Crippen LogP contribution < -0.4 is 5.32 Å². The van der Waals surface area contributed by atoms with Gasteiger partial charge in [0.1, 0.15) is 0 Å². The molecule has 0 fully saturated rings. The van der Waals surface area contributed by atoms with Crippen LogP contribution in [0.25, 0.3) is 0 Å². The second-order valence-electron chi connectivity index (χ2n) is 5.08. The van der Waals surface area contributed by atoms with Gasteiger partial charge < -0.3 is 5.32 Å². The van der Waals surface area contributed by atoms with Crippen LogP contribution in [-0.2, 0) is 10.4 Å². The molecule has 0 radical (unpaired) electrons. The maximum absolute atomic E-state index is 12.2. The molecule has 0 saturated carbocycles. The molecule has 2 amide bonds. The number of benzene rings is 1. The van der Waals surface area contributed by atoms with E-state index in [-0.39, 0.29) is 6.03 Å². The average molecular weight is 299 g/mol. The first kappa shape index (κ1) is 16.8. The first-order valence-corrected chi connectivity index (χ1v) is 7.27. The normalized spacial score (nSPS) is 11.2. The number of urea groups is 1. The van der Waals surface area contributed by atoms with Crippen LogP contribution in [0.5, 0.6) is 0 Å². The molecule has 0 spiro atoms. The van der Waals surface area contributed by atoms with Gasteiger partial charge in [-0.25, -0.2) is 9.86 Å². The zero-order valence-electron chi connectivity index (χ0n) is 12.6. The van der Waals surface area contributed by atoms with E-state index in [1.165, 1.54) is 5.06 Å². The highest BCUT2D eigenvalue weighted by molar-refractivity contribution is 6.30. The molecule has 1 N–H and O–H groups in total. The van der Waals surface area contributed by atoms with E-state index in [0.29, 0.717) is 18.2 Å². The summed E-state index contributed by atoms with van der Waals surface area (Å²) in [5, 5.41) is 5.03. The lowest BCUT2D eigenvalue weighted by Gasteiger charge is -2.30. The van der Waals surface area contributed by atoms with E-state index in [0.717, 1.165) is 12.0 Å². The number of nitrogens with one attached hydrogen (secondary N) is 1. The fourth-order valence-corrected chi connectivity index (χ4v) is 1.98. The largest absolute Gasteiger partial charge is 0.342 e. The number of amides is 2. The lowest BCUT2D eigenvalue weighted by molar-refractivity contribution is -0.113. The fourth-order valence-electron chi connectivity index (χ4n) is 1.85. The Morgan fingerprint density at radius 1 is 1.30 bits per heavy atom. The van der Waals surface area contributed by atoms with Crippen molar-refractivity contribution in [3.05, 3.63) is 34.9 Å². The molecule has 1 aromatic rings. The lowest BCUT2D eigenvalue weighted by Crippen LogP contribution is -2.48. The zero-order valence-corrected chi connectivity index (χ0v) is 13.3. The molecule has 0 saturated heterocycles. The number of halogens is 1. The van der Waals surface area contributed by atoms with Crippen LogP contribution in [0.1, 0.15) is 39.7 Å². The summed E-state index contributed by atoms with van der Waals surface area (Å²) in [7, 11) is 0. The smallest absolute Gasteiger partial charge is 0.327 e. The topological polar surface area (TPSA) is 41.6 Å². The van der Waals surface area contributed by atoms with Crippen molar-refractivity contribution in [3.63, 3.8) is 0 Å². The van der Waals surface area contributed by atoms with Crippen LogP contribution in [0, 0.1) is 0 Å². The monoisotopic (exact) mass is 298 g/mol. The molecule has 0 aliphatic rings. The van der Waals surface area contributed by atoms with Gasteiger partial charge in [-0.05, 0) is 44.9 Å². The number of nitrogens with zero attached hydrogens (tertiary/aromatic N) is 1. The van der Waals surface area contributed by atoms with Gasteiger partial charge in [0.2, 0.25) is 0 Å². The van der Waals surface area contributed by atoms with Crippen molar-refractivity contribution in [3.8, 4) is 0 Å². The highest BCUT2D eigenvalue weighted by atomic mass is 35.5. The summed E-state index contributed by atoms with van der Waals surface area (Å²) in [6.45, 7) is 8.80. The average Bonchev–Trinajstić information content (AvgIpc) is 2.38. The molecule has 0 aliphatic carbocycles. The third-order valence-electron chi connectivity index (χ3n) is 2.92. The van der Waals surface area contributed by atoms with E-state index in [4.69, 9.17) is 16.4 Å². The van der Waals surface area contributed by atoms with Crippen molar-refractivity contribution in [2.75, 3.05) is 13.2 Å². The third-order valence-corrected chi connectivity index (χ3v) is 3.18. The molecule has 0 atom stereocenters. The lowest BCUT2D eigenvalue weighted by atomic mass is 9.94. The van der Waals surface area contributed by atoms with Gasteiger partial charge in [0.15, 0.2) is 0 Å². The van der Waals surface area contributed by atoms with Crippen molar-refractivity contribution >= 4 is 17.6 Å². The molecule has 5 heteroatoms. The second-order valence-corrected chi connectivity index (χ2v) is 5.52. The van der Waals surface area contributed by atoms with E-state index in [1.54, 1.807) is 0 Å². The number of rotatable bonds is 6. The minimum Gasteiger partial charge on any atom is -0.327 e. The van der Waals surface area contributed by atoms with E-state index in [9.17, 15) is 4.79 Å². The summed E-state index contributed by atoms with van der Waals surface area (Å²) in [6.07, 6.45) is 0.842. The van der Waals surface area contributed by atoms with Gasteiger partial charge in [-0.3, -0.25) is 4.84 Å². The van der Waals surface area contributed by atoms with Gasteiger partial charge >= 0.3 is 6.03 Å². The van der Waals surface area contributed by atoms with Crippen LogP contribution in [0.3, 0.4) is 0 Å². The van der Waals surface area contributed by atoms with Crippen molar-refractivity contribution in [2.45, 2.75) is 39.7 Å². The van der Waals surface area contributed by atoms with Gasteiger partial charge in [0.25, 0.3) is 0 Å². The molecular weight excluding hydrogens is 276 g/mol. The summed E-state index contributed by atoms with van der Waals surface area (Å²) in [6, 6.07) is 7.23. The summed E-state index contributed by atoms with van der Waals surface area (Å²) < 4.78 is 0. The van der Waals surface area contributed by atoms with Gasteiger partial charge in [-0.2, -0.15) is 0 Å². The summed E-state index contributed by atoms with van der Waals surface area (Å²) in [5.74, 6) is 0. The number of hydrogen-bond acceptors (Lipinski definition) is 2. The molecule has 112 valence electrons. The maximum atomic E-state index is 12.2. The van der Waals surface area contributed by atoms with Crippen LogP contribution >= 0.6 is 11.6 Å². The van der Waals surface area contributed by atoms with Crippen molar-refractivity contribution in [2.24, 2.45) is 0 Å². The first-order chi connectivity index (χ1) is 9.40. The Labute approximate surface area is 126 Å². The Kier molecular flexibility index (Phi) is 6.30. The molecule has 0 aliphatic heterocycles. The molecule has 0 unspecified atom stereocenters.